The van der Waals surface area contributed by atoms with E-state index < -0.39 is 27.5 Å². The zero-order chi connectivity index (χ0) is 22.1. The van der Waals surface area contributed by atoms with Crippen LogP contribution in [-0.2, 0) is 29.8 Å². The summed E-state index contributed by atoms with van der Waals surface area (Å²) in [5.41, 5.74) is -0.385. The SMILES string of the molecule is Cc1ccc(S(=O)(=O)NCCn2nc(-c3cccc(C(F)(F)F)c3)n(C)c2=O)cc1. The van der Waals surface area contributed by atoms with Gasteiger partial charge in [0, 0.05) is 19.2 Å². The molecule has 30 heavy (non-hydrogen) atoms. The maximum Gasteiger partial charge on any atom is 0.416 e. The molecule has 0 aliphatic carbocycles. The molecular weight excluding hydrogens is 421 g/mol. The Morgan fingerprint density at radius 2 is 1.77 bits per heavy atom. The predicted molar refractivity (Wildman–Crippen MR) is 104 cm³/mol. The molecule has 1 heterocycles. The van der Waals surface area contributed by atoms with Crippen LogP contribution in [0.3, 0.4) is 0 Å². The second kappa shape index (κ2) is 8.07. The van der Waals surface area contributed by atoms with Gasteiger partial charge in [0.1, 0.15) is 0 Å². The first kappa shape index (κ1) is 21.8. The van der Waals surface area contributed by atoms with E-state index in [1.54, 1.807) is 12.1 Å². The Kier molecular flexibility index (Phi) is 5.86. The minimum atomic E-state index is -4.52. The monoisotopic (exact) mass is 440 g/mol. The van der Waals surface area contributed by atoms with E-state index in [0.717, 1.165) is 26.9 Å². The molecule has 3 rings (SSSR count). The fraction of sp³-hybridized carbons (Fsp3) is 0.263. The van der Waals surface area contributed by atoms with Gasteiger partial charge in [-0.3, -0.25) is 4.57 Å². The molecule has 0 fully saturated rings. The van der Waals surface area contributed by atoms with Gasteiger partial charge in [0.15, 0.2) is 5.82 Å². The van der Waals surface area contributed by atoms with E-state index in [1.807, 2.05) is 6.92 Å². The lowest BCUT2D eigenvalue weighted by atomic mass is 10.1. The maximum atomic E-state index is 12.9. The Hall–Kier alpha value is -2.92. The van der Waals surface area contributed by atoms with Crippen molar-refractivity contribution in [1.29, 1.82) is 0 Å². The van der Waals surface area contributed by atoms with Crippen molar-refractivity contribution >= 4 is 10.0 Å². The fourth-order valence-corrected chi connectivity index (χ4v) is 3.83. The van der Waals surface area contributed by atoms with Gasteiger partial charge in [0.2, 0.25) is 10.0 Å². The molecule has 0 atom stereocenters. The van der Waals surface area contributed by atoms with E-state index in [2.05, 4.69) is 9.82 Å². The Morgan fingerprint density at radius 1 is 1.10 bits per heavy atom. The minimum Gasteiger partial charge on any atom is -0.278 e. The maximum absolute atomic E-state index is 12.9. The molecule has 0 saturated heterocycles. The third kappa shape index (κ3) is 4.62. The van der Waals surface area contributed by atoms with Crippen molar-refractivity contribution in [3.8, 4) is 11.4 Å². The first-order chi connectivity index (χ1) is 14.0. The lowest BCUT2D eigenvalue weighted by molar-refractivity contribution is -0.137. The van der Waals surface area contributed by atoms with Crippen LogP contribution in [0.5, 0.6) is 0 Å². The molecular formula is C19H19F3N4O3S. The molecule has 11 heteroatoms. The van der Waals surface area contributed by atoms with Gasteiger partial charge < -0.3 is 0 Å². The van der Waals surface area contributed by atoms with Crippen molar-refractivity contribution in [2.75, 3.05) is 6.54 Å². The highest BCUT2D eigenvalue weighted by molar-refractivity contribution is 7.89. The summed E-state index contributed by atoms with van der Waals surface area (Å²) in [7, 11) is -2.38. The number of hydrogen-bond donors (Lipinski definition) is 1. The summed E-state index contributed by atoms with van der Waals surface area (Å²) in [6, 6.07) is 10.8. The molecule has 0 unspecified atom stereocenters. The van der Waals surface area contributed by atoms with Gasteiger partial charge in [-0.1, -0.05) is 29.8 Å². The third-order valence-electron chi connectivity index (χ3n) is 4.44. The molecule has 0 amide bonds. The number of rotatable bonds is 6. The van der Waals surface area contributed by atoms with Crippen molar-refractivity contribution in [1.82, 2.24) is 19.1 Å². The summed E-state index contributed by atoms with van der Waals surface area (Å²) >= 11 is 0. The zero-order valence-corrected chi connectivity index (χ0v) is 17.0. The second-order valence-electron chi connectivity index (χ2n) is 6.68. The van der Waals surface area contributed by atoms with Gasteiger partial charge in [0.05, 0.1) is 17.0 Å². The number of hydrogen-bond acceptors (Lipinski definition) is 4. The van der Waals surface area contributed by atoms with Crippen LogP contribution in [0.25, 0.3) is 11.4 Å². The van der Waals surface area contributed by atoms with Crippen molar-refractivity contribution < 1.29 is 21.6 Å². The Balaban J connectivity index is 1.78. The lowest BCUT2D eigenvalue weighted by Gasteiger charge is -2.08. The summed E-state index contributed by atoms with van der Waals surface area (Å²) in [5.74, 6) is 0.0486. The van der Waals surface area contributed by atoms with Crippen LogP contribution in [-0.4, -0.2) is 29.3 Å². The summed E-state index contributed by atoms with van der Waals surface area (Å²) in [6.07, 6.45) is -4.52. The van der Waals surface area contributed by atoms with E-state index in [4.69, 9.17) is 0 Å². The lowest BCUT2D eigenvalue weighted by Crippen LogP contribution is -2.31. The highest BCUT2D eigenvalue weighted by Gasteiger charge is 2.31. The van der Waals surface area contributed by atoms with Crippen LogP contribution >= 0.6 is 0 Å². The van der Waals surface area contributed by atoms with Crippen LogP contribution < -0.4 is 10.4 Å². The topological polar surface area (TPSA) is 86.0 Å². The first-order valence-electron chi connectivity index (χ1n) is 8.87. The number of sulfonamides is 1. The number of nitrogens with zero attached hydrogens (tertiary/aromatic N) is 3. The van der Waals surface area contributed by atoms with Crippen LogP contribution in [0, 0.1) is 6.92 Å². The van der Waals surface area contributed by atoms with Gasteiger partial charge >= 0.3 is 11.9 Å². The Morgan fingerprint density at radius 3 is 2.40 bits per heavy atom. The summed E-state index contributed by atoms with van der Waals surface area (Å²) in [6.45, 7) is 1.63. The van der Waals surface area contributed by atoms with Gasteiger partial charge in [-0.2, -0.15) is 13.2 Å². The standard InChI is InChI=1S/C19H19F3N4O3S/c1-13-6-8-16(9-7-13)30(28,29)23-10-11-26-18(27)25(2)17(24-26)14-4-3-5-15(12-14)19(20,21)22/h3-9,12,23H,10-11H2,1-2H3. The molecule has 160 valence electrons. The van der Waals surface area contributed by atoms with Crippen molar-refractivity contribution in [2.24, 2.45) is 7.05 Å². The molecule has 0 saturated carbocycles. The second-order valence-corrected chi connectivity index (χ2v) is 8.44. The van der Waals surface area contributed by atoms with Crippen molar-refractivity contribution in [3.05, 3.63) is 70.1 Å². The van der Waals surface area contributed by atoms with E-state index in [9.17, 15) is 26.4 Å². The zero-order valence-electron chi connectivity index (χ0n) is 16.1. The molecule has 1 N–H and O–H groups in total. The average Bonchev–Trinajstić information content (AvgIpc) is 2.96. The van der Waals surface area contributed by atoms with Crippen molar-refractivity contribution in [2.45, 2.75) is 24.5 Å². The predicted octanol–water partition coefficient (Wildman–Crippen LogP) is 2.55. The molecule has 0 spiro atoms. The molecule has 0 bridgehead atoms. The molecule has 7 nitrogen and oxygen atoms in total. The quantitative estimate of drug-likeness (QED) is 0.638. The Bertz CT molecular complexity index is 1210. The number of aryl methyl sites for hydroxylation is 1. The number of alkyl halides is 3. The molecule has 3 aromatic rings. The van der Waals surface area contributed by atoms with E-state index >= 15 is 0 Å². The van der Waals surface area contributed by atoms with Crippen LogP contribution in [0.15, 0.2) is 58.2 Å². The van der Waals surface area contributed by atoms with Crippen LogP contribution in [0.2, 0.25) is 0 Å². The van der Waals surface area contributed by atoms with E-state index in [1.165, 1.54) is 31.3 Å². The fourth-order valence-electron chi connectivity index (χ4n) is 2.81. The number of benzene rings is 2. The number of halogens is 3. The van der Waals surface area contributed by atoms with Crippen molar-refractivity contribution in [3.63, 3.8) is 0 Å². The summed E-state index contributed by atoms with van der Waals surface area (Å²) in [5, 5.41) is 4.07. The van der Waals surface area contributed by atoms with E-state index in [0.29, 0.717) is 0 Å². The van der Waals surface area contributed by atoms with Gasteiger partial charge in [-0.05, 0) is 31.2 Å². The van der Waals surface area contributed by atoms with Crippen LogP contribution in [0.1, 0.15) is 11.1 Å². The highest BCUT2D eigenvalue weighted by Crippen LogP contribution is 2.31. The normalized spacial score (nSPS) is 12.3. The minimum absolute atomic E-state index is 0.0486. The summed E-state index contributed by atoms with van der Waals surface area (Å²) in [4.78, 5) is 12.5. The molecule has 0 aliphatic rings. The largest absolute Gasteiger partial charge is 0.416 e. The smallest absolute Gasteiger partial charge is 0.278 e. The average molecular weight is 440 g/mol. The number of nitrogens with one attached hydrogen (secondary N) is 1. The van der Waals surface area contributed by atoms with Crippen LogP contribution in [0.4, 0.5) is 13.2 Å². The molecule has 0 radical (unpaired) electrons. The van der Waals surface area contributed by atoms with Gasteiger partial charge in [-0.15, -0.1) is 5.10 Å². The number of aromatic nitrogens is 3. The molecule has 1 aromatic heterocycles. The van der Waals surface area contributed by atoms with Gasteiger partial charge in [-0.25, -0.2) is 22.6 Å². The van der Waals surface area contributed by atoms with Gasteiger partial charge in [0.25, 0.3) is 0 Å². The third-order valence-corrected chi connectivity index (χ3v) is 5.91. The van der Waals surface area contributed by atoms with E-state index in [-0.39, 0.29) is 29.4 Å². The highest BCUT2D eigenvalue weighted by atomic mass is 32.2. The summed E-state index contributed by atoms with van der Waals surface area (Å²) < 4.78 is 68.0. The molecule has 2 aromatic carbocycles. The molecule has 0 aliphatic heterocycles. The first-order valence-corrected chi connectivity index (χ1v) is 10.3. The Labute approximate surface area is 170 Å².